The maximum atomic E-state index is 13.2. The molecule has 0 saturated carbocycles. The fourth-order valence-electron chi connectivity index (χ4n) is 3.87. The van der Waals surface area contributed by atoms with Crippen LogP contribution in [0.3, 0.4) is 0 Å². The van der Waals surface area contributed by atoms with Gasteiger partial charge in [-0.15, -0.1) is 0 Å². The van der Waals surface area contributed by atoms with Crippen LogP contribution in [0.2, 0.25) is 0 Å². The van der Waals surface area contributed by atoms with Gasteiger partial charge in [0.15, 0.2) is 5.52 Å². The molecule has 2 aromatic carbocycles. The summed E-state index contributed by atoms with van der Waals surface area (Å²) in [4.78, 5) is 26.0. The smallest absolute Gasteiger partial charge is 0.295 e. The fourth-order valence-corrected chi connectivity index (χ4v) is 3.87. The Labute approximate surface area is 186 Å². The predicted molar refractivity (Wildman–Crippen MR) is 125 cm³/mol. The van der Waals surface area contributed by atoms with Gasteiger partial charge < -0.3 is 5.32 Å². The summed E-state index contributed by atoms with van der Waals surface area (Å²) < 4.78 is 2.98. The third-order valence-electron chi connectivity index (χ3n) is 5.79. The van der Waals surface area contributed by atoms with Crippen LogP contribution in [-0.2, 0) is 17.8 Å². The van der Waals surface area contributed by atoms with Gasteiger partial charge in [0.1, 0.15) is 6.04 Å². The topological polar surface area (TPSA) is 81.8 Å². The lowest BCUT2D eigenvalue weighted by Gasteiger charge is -2.15. The minimum atomic E-state index is -0.761. The average Bonchev–Trinajstić information content (AvgIpc) is 3.18. The Morgan fingerprint density at radius 3 is 2.31 bits per heavy atom. The van der Waals surface area contributed by atoms with Gasteiger partial charge in [0, 0.05) is 6.54 Å². The number of rotatable bonds is 6. The van der Waals surface area contributed by atoms with E-state index in [0.717, 1.165) is 28.8 Å². The lowest BCUT2D eigenvalue weighted by atomic mass is 10.1. The monoisotopic (exact) mass is 429 g/mol. The first-order valence-corrected chi connectivity index (χ1v) is 10.8. The molecule has 2 aromatic heterocycles. The number of para-hydroxylation sites is 1. The molecule has 0 fully saturated rings. The molecular formula is C25H27N5O2. The van der Waals surface area contributed by atoms with Crippen LogP contribution in [0.4, 0.5) is 0 Å². The Morgan fingerprint density at radius 2 is 1.66 bits per heavy atom. The third kappa shape index (κ3) is 3.93. The number of benzene rings is 2. The zero-order chi connectivity index (χ0) is 22.8. The summed E-state index contributed by atoms with van der Waals surface area (Å²) >= 11 is 0. The normalized spacial score (nSPS) is 12.1. The van der Waals surface area contributed by atoms with Gasteiger partial charge in [0.05, 0.1) is 22.5 Å². The fraction of sp³-hybridized carbons (Fsp3) is 0.280. The molecule has 0 bridgehead atoms. The molecule has 1 amide bonds. The highest BCUT2D eigenvalue weighted by molar-refractivity contribution is 5.84. The SMILES string of the molecule is CCc1ccc(CNC(=O)C(C)n2nc(C)c3c(C)n(-c4ccccc4)nc3c2=O)cc1. The maximum absolute atomic E-state index is 13.2. The first-order valence-electron chi connectivity index (χ1n) is 10.8. The number of nitrogens with one attached hydrogen (secondary N) is 1. The summed E-state index contributed by atoms with van der Waals surface area (Å²) in [5.74, 6) is -0.267. The minimum Gasteiger partial charge on any atom is -0.350 e. The number of nitrogens with zero attached hydrogens (tertiary/aromatic N) is 4. The van der Waals surface area contributed by atoms with Crippen molar-refractivity contribution in [3.63, 3.8) is 0 Å². The van der Waals surface area contributed by atoms with Crippen LogP contribution in [0.25, 0.3) is 16.6 Å². The molecule has 1 atom stereocenters. The molecule has 32 heavy (non-hydrogen) atoms. The van der Waals surface area contributed by atoms with Gasteiger partial charge >= 0.3 is 0 Å². The molecule has 0 aliphatic heterocycles. The van der Waals surface area contributed by atoms with Gasteiger partial charge in [-0.1, -0.05) is 49.4 Å². The Balaban J connectivity index is 1.62. The van der Waals surface area contributed by atoms with Crippen molar-refractivity contribution in [2.75, 3.05) is 0 Å². The number of carbonyl (C=O) groups is 1. The van der Waals surface area contributed by atoms with E-state index in [0.29, 0.717) is 17.8 Å². The van der Waals surface area contributed by atoms with Crippen LogP contribution in [0.15, 0.2) is 59.4 Å². The lowest BCUT2D eigenvalue weighted by Crippen LogP contribution is -2.37. The summed E-state index contributed by atoms with van der Waals surface area (Å²) in [5.41, 5.74) is 4.56. The van der Waals surface area contributed by atoms with E-state index in [9.17, 15) is 9.59 Å². The minimum absolute atomic E-state index is 0.267. The van der Waals surface area contributed by atoms with Gasteiger partial charge in [0.25, 0.3) is 5.56 Å². The third-order valence-corrected chi connectivity index (χ3v) is 5.79. The quantitative estimate of drug-likeness (QED) is 0.507. The van der Waals surface area contributed by atoms with Gasteiger partial charge in [0.2, 0.25) is 5.91 Å². The molecule has 0 aliphatic rings. The van der Waals surface area contributed by atoms with E-state index in [-0.39, 0.29) is 11.5 Å². The molecule has 164 valence electrons. The van der Waals surface area contributed by atoms with Crippen molar-refractivity contribution in [2.24, 2.45) is 0 Å². The molecule has 0 saturated heterocycles. The van der Waals surface area contributed by atoms with Crippen LogP contribution in [-0.4, -0.2) is 25.5 Å². The van der Waals surface area contributed by atoms with Crippen molar-refractivity contribution in [1.29, 1.82) is 0 Å². The molecule has 0 spiro atoms. The van der Waals surface area contributed by atoms with Crippen molar-refractivity contribution in [2.45, 2.75) is 46.7 Å². The number of fused-ring (bicyclic) bond motifs is 1. The first kappa shape index (κ1) is 21.5. The molecule has 0 radical (unpaired) electrons. The highest BCUT2D eigenvalue weighted by atomic mass is 16.2. The number of hydrogen-bond donors (Lipinski definition) is 1. The largest absolute Gasteiger partial charge is 0.350 e. The standard InChI is InChI=1S/C25H27N5O2/c1-5-19-11-13-20(14-12-19)15-26-24(31)18(4)30-25(32)23-22(16(2)27-30)17(3)29(28-23)21-9-7-6-8-10-21/h6-14,18H,5,15H2,1-4H3,(H,26,31). The average molecular weight is 430 g/mol. The molecule has 0 aliphatic carbocycles. The lowest BCUT2D eigenvalue weighted by molar-refractivity contribution is -0.124. The second kappa shape index (κ2) is 8.78. The van der Waals surface area contributed by atoms with Gasteiger partial charge in [-0.3, -0.25) is 9.59 Å². The summed E-state index contributed by atoms with van der Waals surface area (Å²) in [6, 6.07) is 17.0. The Hall–Kier alpha value is -3.74. The van der Waals surface area contributed by atoms with Crippen LogP contribution in [0.5, 0.6) is 0 Å². The van der Waals surface area contributed by atoms with E-state index < -0.39 is 6.04 Å². The molecular weight excluding hydrogens is 402 g/mol. The molecule has 7 heteroatoms. The summed E-state index contributed by atoms with van der Waals surface area (Å²) in [6.07, 6.45) is 0.972. The predicted octanol–water partition coefficient (Wildman–Crippen LogP) is 3.64. The number of carbonyl (C=O) groups excluding carboxylic acids is 1. The number of amides is 1. The van der Waals surface area contributed by atoms with Gasteiger partial charge in [-0.2, -0.15) is 10.2 Å². The van der Waals surface area contributed by atoms with E-state index in [1.807, 2.05) is 56.3 Å². The Morgan fingerprint density at radius 1 is 1.00 bits per heavy atom. The second-order valence-corrected chi connectivity index (χ2v) is 7.96. The van der Waals surface area contributed by atoms with Crippen LogP contribution in [0.1, 0.15) is 42.4 Å². The Bertz CT molecular complexity index is 1320. The summed E-state index contributed by atoms with van der Waals surface area (Å²) in [7, 11) is 0. The van der Waals surface area contributed by atoms with Crippen molar-refractivity contribution < 1.29 is 4.79 Å². The summed E-state index contributed by atoms with van der Waals surface area (Å²) in [5, 5.41) is 12.7. The van der Waals surface area contributed by atoms with Crippen molar-refractivity contribution in [3.05, 3.63) is 87.5 Å². The van der Waals surface area contributed by atoms with E-state index in [1.54, 1.807) is 11.6 Å². The Kier molecular flexibility index (Phi) is 5.90. The molecule has 7 nitrogen and oxygen atoms in total. The number of hydrogen-bond acceptors (Lipinski definition) is 4. The number of aromatic nitrogens is 4. The van der Waals surface area contributed by atoms with Gasteiger partial charge in [-0.05, 0) is 50.5 Å². The van der Waals surface area contributed by atoms with Crippen molar-refractivity contribution in [3.8, 4) is 5.69 Å². The molecule has 1 unspecified atom stereocenters. The van der Waals surface area contributed by atoms with E-state index >= 15 is 0 Å². The number of aryl methyl sites for hydroxylation is 3. The zero-order valence-corrected chi connectivity index (χ0v) is 18.8. The molecule has 1 N–H and O–H groups in total. The zero-order valence-electron chi connectivity index (χ0n) is 18.8. The van der Waals surface area contributed by atoms with E-state index in [2.05, 4.69) is 34.6 Å². The maximum Gasteiger partial charge on any atom is 0.295 e. The molecule has 2 heterocycles. The van der Waals surface area contributed by atoms with Crippen molar-refractivity contribution >= 4 is 16.8 Å². The van der Waals surface area contributed by atoms with Crippen molar-refractivity contribution in [1.82, 2.24) is 24.9 Å². The first-order chi connectivity index (χ1) is 15.4. The molecule has 4 aromatic rings. The van der Waals surface area contributed by atoms with E-state index in [1.165, 1.54) is 10.2 Å². The van der Waals surface area contributed by atoms with Crippen LogP contribution in [0, 0.1) is 13.8 Å². The van der Waals surface area contributed by atoms with E-state index in [4.69, 9.17) is 0 Å². The highest BCUT2D eigenvalue weighted by Crippen LogP contribution is 2.21. The molecule has 4 rings (SSSR count). The van der Waals surface area contributed by atoms with Crippen LogP contribution < -0.4 is 10.9 Å². The summed E-state index contributed by atoms with van der Waals surface area (Å²) in [6.45, 7) is 7.93. The van der Waals surface area contributed by atoms with Crippen LogP contribution >= 0.6 is 0 Å². The van der Waals surface area contributed by atoms with Gasteiger partial charge in [-0.25, -0.2) is 9.36 Å². The second-order valence-electron chi connectivity index (χ2n) is 7.96. The highest BCUT2D eigenvalue weighted by Gasteiger charge is 2.23.